The summed E-state index contributed by atoms with van der Waals surface area (Å²) in [7, 11) is 0. The number of amides is 1. The van der Waals surface area contributed by atoms with Crippen molar-refractivity contribution >= 4 is 34.8 Å². The standard InChI is InChI=1S/C19H15Cl2F3N2O3/c20-10-2-1-9(6-11(10)21)26-18(28)16-13-7-12(27)17(29-13)15(16)8-3-4-25-14(5-8)19(22,23)24/h1-6,12-13,15-17,27H,7H2,(H,26,28)/t12-,13+,15?,16+,17-/m1/s1. The number of aliphatic hydroxyl groups is 1. The Hall–Kier alpha value is -1.87. The van der Waals surface area contributed by atoms with Gasteiger partial charge in [-0.3, -0.25) is 9.78 Å². The highest BCUT2D eigenvalue weighted by Crippen LogP contribution is 2.49. The van der Waals surface area contributed by atoms with E-state index in [1.807, 2.05) is 0 Å². The summed E-state index contributed by atoms with van der Waals surface area (Å²) < 4.78 is 45.0. The van der Waals surface area contributed by atoms with Gasteiger partial charge in [-0.25, -0.2) is 0 Å². The monoisotopic (exact) mass is 446 g/mol. The molecular formula is C19H15Cl2F3N2O3. The van der Waals surface area contributed by atoms with E-state index < -0.39 is 47.9 Å². The Morgan fingerprint density at radius 1 is 1.21 bits per heavy atom. The zero-order valence-corrected chi connectivity index (χ0v) is 16.2. The van der Waals surface area contributed by atoms with Gasteiger partial charge in [0.1, 0.15) is 5.69 Å². The van der Waals surface area contributed by atoms with Gasteiger partial charge in [-0.05, 0) is 35.9 Å². The number of aromatic nitrogens is 1. The van der Waals surface area contributed by atoms with Gasteiger partial charge in [0.15, 0.2) is 0 Å². The number of pyridine rings is 1. The fourth-order valence-electron chi connectivity index (χ4n) is 4.05. The average Bonchev–Trinajstić information content (AvgIpc) is 3.21. The van der Waals surface area contributed by atoms with Gasteiger partial charge in [0.2, 0.25) is 5.91 Å². The van der Waals surface area contributed by atoms with Crippen LogP contribution in [0.1, 0.15) is 23.6 Å². The highest BCUT2D eigenvalue weighted by atomic mass is 35.5. The number of ether oxygens (including phenoxy) is 1. The third-order valence-corrected chi connectivity index (χ3v) is 6.01. The Kier molecular flexibility index (Phi) is 5.23. The van der Waals surface area contributed by atoms with Gasteiger partial charge in [0.05, 0.1) is 34.3 Å². The van der Waals surface area contributed by atoms with Gasteiger partial charge in [0, 0.05) is 24.2 Å². The van der Waals surface area contributed by atoms with Crippen molar-refractivity contribution in [1.29, 1.82) is 0 Å². The van der Waals surface area contributed by atoms with Crippen molar-refractivity contribution in [2.75, 3.05) is 5.32 Å². The van der Waals surface area contributed by atoms with Crippen LogP contribution in [0.2, 0.25) is 10.0 Å². The second-order valence-electron chi connectivity index (χ2n) is 7.08. The highest BCUT2D eigenvalue weighted by molar-refractivity contribution is 6.42. The molecule has 0 spiro atoms. The van der Waals surface area contributed by atoms with Crippen molar-refractivity contribution in [2.45, 2.75) is 36.8 Å². The van der Waals surface area contributed by atoms with Crippen LogP contribution >= 0.6 is 23.2 Å². The molecule has 29 heavy (non-hydrogen) atoms. The summed E-state index contributed by atoms with van der Waals surface area (Å²) >= 11 is 11.8. The number of hydrogen-bond donors (Lipinski definition) is 2. The van der Waals surface area contributed by atoms with E-state index in [9.17, 15) is 23.1 Å². The predicted molar refractivity (Wildman–Crippen MR) is 99.8 cm³/mol. The van der Waals surface area contributed by atoms with E-state index in [1.165, 1.54) is 18.2 Å². The Bertz CT molecular complexity index is 957. The van der Waals surface area contributed by atoms with Crippen molar-refractivity contribution in [3.8, 4) is 0 Å². The molecular weight excluding hydrogens is 432 g/mol. The molecule has 1 amide bonds. The largest absolute Gasteiger partial charge is 0.433 e. The highest BCUT2D eigenvalue weighted by Gasteiger charge is 2.57. The maximum atomic E-state index is 13.1. The molecule has 5 nitrogen and oxygen atoms in total. The Morgan fingerprint density at radius 3 is 2.66 bits per heavy atom. The molecule has 1 aromatic carbocycles. The summed E-state index contributed by atoms with van der Waals surface area (Å²) in [6.45, 7) is 0. The van der Waals surface area contributed by atoms with Crippen LogP contribution in [-0.4, -0.2) is 34.3 Å². The second-order valence-corrected chi connectivity index (χ2v) is 7.90. The normalized spacial score (nSPS) is 28.6. The fraction of sp³-hybridized carbons (Fsp3) is 0.368. The zero-order chi connectivity index (χ0) is 20.9. The van der Waals surface area contributed by atoms with E-state index in [2.05, 4.69) is 10.3 Å². The molecule has 2 aromatic rings. The van der Waals surface area contributed by atoms with E-state index in [0.717, 1.165) is 12.3 Å². The molecule has 0 saturated carbocycles. The SMILES string of the molecule is O=C(Nc1ccc(Cl)c(Cl)c1)[C@@H]1C(c2ccnc(C(F)(F)F)c2)[C@@H]2O[C@H]1C[C@H]2O. The first-order valence-corrected chi connectivity index (χ1v) is 9.53. The lowest BCUT2D eigenvalue weighted by atomic mass is 9.74. The summed E-state index contributed by atoms with van der Waals surface area (Å²) in [5, 5.41) is 13.5. The minimum Gasteiger partial charge on any atom is -0.390 e. The van der Waals surface area contributed by atoms with Gasteiger partial charge >= 0.3 is 6.18 Å². The van der Waals surface area contributed by atoms with Crippen molar-refractivity contribution in [1.82, 2.24) is 4.98 Å². The molecule has 2 saturated heterocycles. The molecule has 154 valence electrons. The number of nitrogens with one attached hydrogen (secondary N) is 1. The van der Waals surface area contributed by atoms with Gasteiger partial charge in [-0.15, -0.1) is 0 Å². The molecule has 2 aliphatic heterocycles. The first-order chi connectivity index (χ1) is 13.6. The molecule has 0 aliphatic carbocycles. The first kappa shape index (κ1) is 20.4. The third-order valence-electron chi connectivity index (χ3n) is 5.28. The Labute approximate surface area is 173 Å². The zero-order valence-electron chi connectivity index (χ0n) is 14.7. The maximum absolute atomic E-state index is 13.1. The summed E-state index contributed by atoms with van der Waals surface area (Å²) in [6.07, 6.45) is -5.58. The molecule has 10 heteroatoms. The van der Waals surface area contributed by atoms with E-state index in [1.54, 1.807) is 6.07 Å². The van der Waals surface area contributed by atoms with Crippen LogP contribution in [0, 0.1) is 5.92 Å². The predicted octanol–water partition coefficient (Wildman–Crippen LogP) is 4.28. The van der Waals surface area contributed by atoms with Crippen LogP contribution in [0.5, 0.6) is 0 Å². The number of benzene rings is 1. The fourth-order valence-corrected chi connectivity index (χ4v) is 4.35. The number of nitrogens with zero attached hydrogens (tertiary/aromatic N) is 1. The van der Waals surface area contributed by atoms with Crippen LogP contribution < -0.4 is 5.32 Å². The van der Waals surface area contributed by atoms with Gasteiger partial charge < -0.3 is 15.2 Å². The molecule has 2 N–H and O–H groups in total. The topological polar surface area (TPSA) is 71.5 Å². The minimum atomic E-state index is -4.62. The number of rotatable bonds is 3. The van der Waals surface area contributed by atoms with Crippen LogP contribution in [0.4, 0.5) is 18.9 Å². The molecule has 1 aromatic heterocycles. The number of carbonyl (C=O) groups is 1. The Morgan fingerprint density at radius 2 is 1.97 bits per heavy atom. The molecule has 5 atom stereocenters. The molecule has 0 radical (unpaired) electrons. The first-order valence-electron chi connectivity index (χ1n) is 8.78. The van der Waals surface area contributed by atoms with Crippen LogP contribution in [-0.2, 0) is 15.7 Å². The van der Waals surface area contributed by atoms with Crippen LogP contribution in [0.25, 0.3) is 0 Å². The van der Waals surface area contributed by atoms with E-state index in [0.29, 0.717) is 10.7 Å². The third kappa shape index (κ3) is 3.82. The molecule has 4 rings (SSSR count). The number of fused-ring (bicyclic) bond motifs is 2. The van der Waals surface area contributed by atoms with Crippen molar-refractivity contribution in [3.63, 3.8) is 0 Å². The lowest BCUT2D eigenvalue weighted by Gasteiger charge is -2.30. The van der Waals surface area contributed by atoms with Gasteiger partial charge in [-0.1, -0.05) is 23.2 Å². The molecule has 2 bridgehead atoms. The molecule has 3 heterocycles. The number of aliphatic hydroxyl groups excluding tert-OH is 1. The average molecular weight is 447 g/mol. The smallest absolute Gasteiger partial charge is 0.390 e. The molecule has 2 fully saturated rings. The van der Waals surface area contributed by atoms with E-state index in [4.69, 9.17) is 27.9 Å². The molecule has 2 aliphatic rings. The van der Waals surface area contributed by atoms with Gasteiger partial charge in [-0.2, -0.15) is 13.2 Å². The number of carbonyl (C=O) groups excluding carboxylic acids is 1. The van der Waals surface area contributed by atoms with Gasteiger partial charge in [0.25, 0.3) is 0 Å². The number of anilines is 1. The van der Waals surface area contributed by atoms with Crippen molar-refractivity contribution in [2.24, 2.45) is 5.92 Å². The quantitative estimate of drug-likeness (QED) is 0.737. The number of alkyl halides is 3. The number of hydrogen-bond acceptors (Lipinski definition) is 4. The van der Waals surface area contributed by atoms with Crippen molar-refractivity contribution < 1.29 is 27.8 Å². The summed E-state index contributed by atoms with van der Waals surface area (Å²) in [4.78, 5) is 16.3. The molecule has 1 unspecified atom stereocenters. The van der Waals surface area contributed by atoms with Crippen LogP contribution in [0.3, 0.4) is 0 Å². The maximum Gasteiger partial charge on any atom is 0.433 e. The Balaban J connectivity index is 1.65. The summed E-state index contributed by atoms with van der Waals surface area (Å²) in [5.74, 6) is -1.95. The second kappa shape index (κ2) is 7.43. The van der Waals surface area contributed by atoms with E-state index in [-0.39, 0.29) is 17.0 Å². The lowest BCUT2D eigenvalue weighted by Crippen LogP contribution is -2.41. The summed E-state index contributed by atoms with van der Waals surface area (Å²) in [5.41, 5.74) is -0.416. The lowest BCUT2D eigenvalue weighted by molar-refractivity contribution is -0.141. The number of halogens is 5. The van der Waals surface area contributed by atoms with Crippen LogP contribution in [0.15, 0.2) is 36.5 Å². The minimum absolute atomic E-state index is 0.234. The van der Waals surface area contributed by atoms with Crippen molar-refractivity contribution in [3.05, 3.63) is 57.8 Å². The van der Waals surface area contributed by atoms with E-state index >= 15 is 0 Å². The summed E-state index contributed by atoms with van der Waals surface area (Å²) in [6, 6.07) is 6.89.